The Morgan fingerprint density at radius 2 is 1.82 bits per heavy atom. The number of fused-ring (bicyclic) bond motifs is 1. The van der Waals surface area contributed by atoms with Crippen molar-refractivity contribution in [2.24, 2.45) is 0 Å². The molecule has 1 saturated heterocycles. The lowest BCUT2D eigenvalue weighted by molar-refractivity contribution is -0.161. The Morgan fingerprint density at radius 3 is 2.45 bits per heavy atom. The number of benzene rings is 2. The number of carbonyl (C=O) groups excluding carboxylic acids is 2. The van der Waals surface area contributed by atoms with Gasteiger partial charge in [0.2, 0.25) is 0 Å². The van der Waals surface area contributed by atoms with Crippen molar-refractivity contribution in [2.75, 3.05) is 12.4 Å². The predicted octanol–water partition coefficient (Wildman–Crippen LogP) is 3.04. The molecule has 0 radical (unpaired) electrons. The van der Waals surface area contributed by atoms with Crippen LogP contribution in [0.2, 0.25) is 0 Å². The minimum Gasteiger partial charge on any atom is -0.494 e. The lowest BCUT2D eigenvalue weighted by atomic mass is 9.89. The number of alkyl halides is 3. The number of hydrogen-bond acceptors (Lipinski definition) is 5. The highest BCUT2D eigenvalue weighted by Crippen LogP contribution is 2.41. The molecule has 3 unspecified atom stereocenters. The van der Waals surface area contributed by atoms with Crippen molar-refractivity contribution < 1.29 is 31.9 Å². The van der Waals surface area contributed by atoms with Crippen LogP contribution in [-0.4, -0.2) is 42.3 Å². The molecule has 0 saturated carbocycles. The number of nitrogens with one attached hydrogen (secondary N) is 3. The first-order valence-corrected chi connectivity index (χ1v) is 9.96. The van der Waals surface area contributed by atoms with Crippen LogP contribution in [0.1, 0.15) is 18.4 Å². The Labute approximate surface area is 186 Å². The summed E-state index contributed by atoms with van der Waals surface area (Å²) in [6.45, 7) is 1.41. The zero-order chi connectivity index (χ0) is 23.9. The Hall–Kier alpha value is -3.60. The van der Waals surface area contributed by atoms with E-state index < -0.39 is 47.5 Å². The van der Waals surface area contributed by atoms with Gasteiger partial charge in [0.25, 0.3) is 11.8 Å². The molecule has 0 spiro atoms. The number of rotatable bonds is 4. The van der Waals surface area contributed by atoms with E-state index in [1.165, 1.54) is 32.2 Å². The summed E-state index contributed by atoms with van der Waals surface area (Å²) in [5, 5.41) is 5.92. The molecule has 11 heteroatoms. The van der Waals surface area contributed by atoms with Gasteiger partial charge in [-0.2, -0.15) is 13.2 Å². The van der Waals surface area contributed by atoms with Crippen molar-refractivity contribution in [1.82, 2.24) is 15.8 Å². The average Bonchev–Trinajstić information content (AvgIpc) is 3.16. The van der Waals surface area contributed by atoms with Crippen LogP contribution in [0.4, 0.5) is 23.2 Å². The molecule has 7 nitrogen and oxygen atoms in total. The molecule has 174 valence electrons. The standard InChI is InChI=1S/C22H20F4N4O3/c1-11-15(20(31)28-13-9-6-10-14(33-2)17(13)23)21(32)30-19(27-11)16(12-7-4-3-5-8-12)18(29-30)22(24,25)26/h3-10,16,18-19,27,29H,1-2H3,(H,28,31). The zero-order valence-corrected chi connectivity index (χ0v) is 17.5. The minimum atomic E-state index is -4.67. The van der Waals surface area contributed by atoms with Gasteiger partial charge in [0.15, 0.2) is 11.6 Å². The molecule has 2 aliphatic rings. The topological polar surface area (TPSA) is 82.7 Å². The fourth-order valence-corrected chi connectivity index (χ4v) is 4.11. The summed E-state index contributed by atoms with van der Waals surface area (Å²) in [7, 11) is 1.25. The van der Waals surface area contributed by atoms with E-state index in [1.807, 2.05) is 0 Å². The first kappa shape index (κ1) is 22.6. The molecule has 33 heavy (non-hydrogen) atoms. The van der Waals surface area contributed by atoms with Crippen LogP contribution < -0.4 is 20.8 Å². The maximum absolute atomic E-state index is 14.4. The van der Waals surface area contributed by atoms with Crippen LogP contribution in [-0.2, 0) is 9.59 Å². The molecular weight excluding hydrogens is 444 g/mol. The highest BCUT2D eigenvalue weighted by atomic mass is 19.4. The molecule has 2 aromatic carbocycles. The smallest absolute Gasteiger partial charge is 0.406 e. The highest BCUT2D eigenvalue weighted by Gasteiger charge is 2.58. The van der Waals surface area contributed by atoms with E-state index in [1.54, 1.807) is 30.3 Å². The maximum atomic E-state index is 14.4. The van der Waals surface area contributed by atoms with E-state index in [-0.39, 0.29) is 17.1 Å². The zero-order valence-electron chi connectivity index (χ0n) is 17.5. The number of allylic oxidation sites excluding steroid dienone is 1. The maximum Gasteiger partial charge on any atom is 0.406 e. The molecule has 0 aliphatic carbocycles. The summed E-state index contributed by atoms with van der Waals surface area (Å²) in [6.07, 6.45) is -5.75. The van der Waals surface area contributed by atoms with Crippen LogP contribution in [0, 0.1) is 5.82 Å². The molecule has 2 aromatic rings. The highest BCUT2D eigenvalue weighted by molar-refractivity contribution is 6.23. The van der Waals surface area contributed by atoms with Crippen molar-refractivity contribution >= 4 is 17.5 Å². The second kappa shape index (κ2) is 8.39. The molecule has 0 aromatic heterocycles. The number of halogens is 4. The van der Waals surface area contributed by atoms with Crippen LogP contribution >= 0.6 is 0 Å². The van der Waals surface area contributed by atoms with E-state index in [0.717, 1.165) is 5.01 Å². The third-order valence-electron chi connectivity index (χ3n) is 5.62. The van der Waals surface area contributed by atoms with Gasteiger partial charge in [0, 0.05) is 5.70 Å². The normalized spacial score (nSPS) is 22.7. The number of amides is 2. The number of anilines is 1. The molecule has 1 fully saturated rings. The summed E-state index contributed by atoms with van der Waals surface area (Å²) >= 11 is 0. The first-order chi connectivity index (χ1) is 15.6. The van der Waals surface area contributed by atoms with Crippen molar-refractivity contribution in [2.45, 2.75) is 31.2 Å². The third kappa shape index (κ3) is 3.99. The number of hydrogen-bond donors (Lipinski definition) is 3. The van der Waals surface area contributed by atoms with Crippen LogP contribution in [0.15, 0.2) is 59.8 Å². The second-order valence-electron chi connectivity index (χ2n) is 7.63. The Kier molecular flexibility index (Phi) is 5.75. The van der Waals surface area contributed by atoms with E-state index in [0.29, 0.717) is 5.56 Å². The van der Waals surface area contributed by atoms with Gasteiger partial charge in [-0.3, -0.25) is 9.59 Å². The summed E-state index contributed by atoms with van der Waals surface area (Å²) < 4.78 is 60.8. The van der Waals surface area contributed by atoms with Gasteiger partial charge in [-0.05, 0) is 24.6 Å². The third-order valence-corrected chi connectivity index (χ3v) is 5.62. The minimum absolute atomic E-state index is 0.0765. The number of nitrogens with zero attached hydrogens (tertiary/aromatic N) is 1. The van der Waals surface area contributed by atoms with Gasteiger partial charge in [0.1, 0.15) is 17.8 Å². The van der Waals surface area contributed by atoms with E-state index in [9.17, 15) is 27.2 Å². The van der Waals surface area contributed by atoms with Crippen LogP contribution in [0.3, 0.4) is 0 Å². The van der Waals surface area contributed by atoms with E-state index in [2.05, 4.69) is 16.1 Å². The quantitative estimate of drug-likeness (QED) is 0.479. The molecule has 2 aliphatic heterocycles. The summed E-state index contributed by atoms with van der Waals surface area (Å²) in [6, 6.07) is 10.00. The van der Waals surface area contributed by atoms with Gasteiger partial charge in [-0.15, -0.1) is 0 Å². The molecule has 3 N–H and O–H groups in total. The summed E-state index contributed by atoms with van der Waals surface area (Å²) in [4.78, 5) is 26.0. The van der Waals surface area contributed by atoms with Gasteiger partial charge in [-0.1, -0.05) is 36.4 Å². The number of ether oxygens (including phenoxy) is 1. The number of methoxy groups -OCH3 is 1. The molecular formula is C22H20F4N4O3. The monoisotopic (exact) mass is 464 g/mol. The molecule has 0 bridgehead atoms. The second-order valence-corrected chi connectivity index (χ2v) is 7.63. The van der Waals surface area contributed by atoms with Gasteiger partial charge in [-0.25, -0.2) is 14.8 Å². The lowest BCUT2D eigenvalue weighted by Gasteiger charge is -2.34. The SMILES string of the molecule is COc1cccc(NC(=O)C2=C(C)NC3C(c4ccccc4)C(C(F)(F)F)NN3C2=O)c1F. The van der Waals surface area contributed by atoms with Crippen LogP contribution in [0.25, 0.3) is 0 Å². The number of hydrazine groups is 1. The molecule has 3 atom stereocenters. The fraction of sp³-hybridized carbons (Fsp3) is 0.273. The van der Waals surface area contributed by atoms with Gasteiger partial charge >= 0.3 is 6.18 Å². The summed E-state index contributed by atoms with van der Waals surface area (Å²) in [5.74, 6) is -4.05. The predicted molar refractivity (Wildman–Crippen MR) is 110 cm³/mol. The Balaban J connectivity index is 1.66. The summed E-state index contributed by atoms with van der Waals surface area (Å²) in [5.41, 5.74) is 2.00. The van der Waals surface area contributed by atoms with Crippen molar-refractivity contribution in [3.63, 3.8) is 0 Å². The van der Waals surface area contributed by atoms with Gasteiger partial charge in [0.05, 0.1) is 18.7 Å². The van der Waals surface area contributed by atoms with Crippen molar-refractivity contribution in [3.05, 3.63) is 71.2 Å². The van der Waals surface area contributed by atoms with Gasteiger partial charge < -0.3 is 15.4 Å². The lowest BCUT2D eigenvalue weighted by Crippen LogP contribution is -2.56. The van der Waals surface area contributed by atoms with Crippen LogP contribution in [0.5, 0.6) is 5.75 Å². The Morgan fingerprint density at radius 1 is 1.12 bits per heavy atom. The molecule has 2 amide bonds. The number of carbonyl (C=O) groups is 2. The molecule has 2 heterocycles. The van der Waals surface area contributed by atoms with Crippen molar-refractivity contribution in [3.8, 4) is 5.75 Å². The molecule has 4 rings (SSSR count). The largest absolute Gasteiger partial charge is 0.494 e. The van der Waals surface area contributed by atoms with E-state index in [4.69, 9.17) is 4.74 Å². The first-order valence-electron chi connectivity index (χ1n) is 9.96. The Bertz CT molecular complexity index is 1120. The van der Waals surface area contributed by atoms with E-state index >= 15 is 0 Å². The van der Waals surface area contributed by atoms with Crippen molar-refractivity contribution in [1.29, 1.82) is 0 Å². The average molecular weight is 464 g/mol. The fourth-order valence-electron chi connectivity index (χ4n) is 4.11.